The van der Waals surface area contributed by atoms with Crippen molar-refractivity contribution in [1.82, 2.24) is 5.48 Å². The van der Waals surface area contributed by atoms with E-state index in [0.29, 0.717) is 0 Å². The average molecular weight is 233 g/mol. The van der Waals surface area contributed by atoms with Gasteiger partial charge in [-0.1, -0.05) is 13.8 Å². The number of aliphatic carboxylic acids is 1. The first kappa shape index (κ1) is 11.4. The van der Waals surface area contributed by atoms with Crippen LogP contribution in [0.25, 0.3) is 0 Å². The number of hydrogen-bond donors (Lipinski definition) is 2. The van der Waals surface area contributed by atoms with E-state index in [4.69, 9.17) is 7.85 Å². The number of hydrogen-bond acceptors (Lipinski definition) is 4. The highest BCUT2D eigenvalue weighted by Gasteiger charge is 2.26. The van der Waals surface area contributed by atoms with Crippen molar-refractivity contribution in [3.63, 3.8) is 0 Å². The molecule has 0 aromatic rings. The molecule has 5 nitrogen and oxygen atoms in total. The fraction of sp³-hybridized carbons (Fsp3) is 0.818. The van der Waals surface area contributed by atoms with Crippen molar-refractivity contribution in [2.75, 3.05) is 0 Å². The molecule has 0 aliphatic heterocycles. The molecule has 5 heteroatoms. The highest BCUT2D eigenvalue weighted by Crippen LogP contribution is 2.14. The van der Waals surface area contributed by atoms with Crippen LogP contribution in [0.5, 0.6) is 0 Å². The maximum absolute atomic E-state index is 11.5. The molecule has 0 aromatic heterocycles. The van der Waals surface area contributed by atoms with Gasteiger partial charge < -0.3 is 9.94 Å². The molecule has 0 radical (unpaired) electrons. The molecular formula is C11H21NO4. The lowest BCUT2D eigenvalue weighted by Gasteiger charge is -2.20. The monoisotopic (exact) mass is 233 g/mol. The number of carbonyl (C=O) groups excluding carboxylic acids is 1. The van der Waals surface area contributed by atoms with E-state index < -0.39 is 35.7 Å². The van der Waals surface area contributed by atoms with E-state index in [1.54, 1.807) is 34.6 Å². The van der Waals surface area contributed by atoms with Crippen LogP contribution in [-0.4, -0.2) is 23.1 Å². The first-order valence-corrected chi connectivity index (χ1v) is 5.10. The molecule has 0 bridgehead atoms. The summed E-state index contributed by atoms with van der Waals surface area (Å²) in [4.78, 5) is 27.2. The standard InChI is InChI=1S/C11H21NO4/c1-7(2)6-8(9(13)14)12-16-10(15)11(3,4)5/h7-8,12H,6H2,1-5H3,(H,13,14)/t8-/m0/s1/i6D2. The summed E-state index contributed by atoms with van der Waals surface area (Å²) in [7, 11) is 0. The van der Waals surface area contributed by atoms with Crippen molar-refractivity contribution in [2.45, 2.75) is 47.0 Å². The van der Waals surface area contributed by atoms with Gasteiger partial charge in [0.25, 0.3) is 0 Å². The highest BCUT2D eigenvalue weighted by atomic mass is 16.7. The molecule has 0 saturated heterocycles. The molecule has 0 saturated carbocycles. The Balaban J connectivity index is 4.78. The Labute approximate surface area is 98.9 Å². The summed E-state index contributed by atoms with van der Waals surface area (Å²) >= 11 is 0. The topological polar surface area (TPSA) is 75.6 Å². The lowest BCUT2D eigenvalue weighted by atomic mass is 9.98. The summed E-state index contributed by atoms with van der Waals surface area (Å²) in [6.07, 6.45) is -2.04. The predicted molar refractivity (Wildman–Crippen MR) is 59.6 cm³/mol. The molecule has 1 atom stereocenters. The Morgan fingerprint density at radius 2 is 1.94 bits per heavy atom. The van der Waals surface area contributed by atoms with Crippen LogP contribution in [-0.2, 0) is 14.4 Å². The molecule has 0 rings (SSSR count). The molecule has 0 aromatic carbocycles. The Bertz CT molecular complexity index is 323. The Kier molecular flexibility index (Phi) is 4.16. The summed E-state index contributed by atoms with van der Waals surface area (Å²) < 4.78 is 15.4. The van der Waals surface area contributed by atoms with Gasteiger partial charge in [-0.05, 0) is 33.1 Å². The number of nitrogens with one attached hydrogen (secondary N) is 1. The third kappa shape index (κ3) is 5.70. The van der Waals surface area contributed by atoms with Crippen molar-refractivity contribution in [3.05, 3.63) is 0 Å². The van der Waals surface area contributed by atoms with Gasteiger partial charge in [0.1, 0.15) is 6.04 Å². The number of hydroxylamine groups is 1. The first-order chi connectivity index (χ1) is 7.90. The summed E-state index contributed by atoms with van der Waals surface area (Å²) in [5.74, 6) is -2.59. The predicted octanol–water partition coefficient (Wildman–Crippen LogP) is 1.58. The molecular weight excluding hydrogens is 210 g/mol. The van der Waals surface area contributed by atoms with Crippen LogP contribution < -0.4 is 5.48 Å². The van der Waals surface area contributed by atoms with Gasteiger partial charge in [-0.15, -0.1) is 5.48 Å². The maximum atomic E-state index is 11.5. The van der Waals surface area contributed by atoms with Gasteiger partial charge in [0.05, 0.1) is 5.41 Å². The van der Waals surface area contributed by atoms with Crippen LogP contribution in [0.4, 0.5) is 0 Å². The lowest BCUT2D eigenvalue weighted by molar-refractivity contribution is -0.166. The zero-order valence-electron chi connectivity index (χ0n) is 12.3. The number of rotatable bonds is 5. The summed E-state index contributed by atoms with van der Waals surface area (Å²) in [6, 6.07) is -1.61. The number of carboxylic acids is 1. The minimum atomic E-state index is -2.04. The van der Waals surface area contributed by atoms with E-state index >= 15 is 0 Å². The largest absolute Gasteiger partial charge is 0.480 e. The molecule has 0 fully saturated rings. The van der Waals surface area contributed by atoms with E-state index in [1.807, 2.05) is 5.48 Å². The van der Waals surface area contributed by atoms with Gasteiger partial charge in [-0.25, -0.2) is 4.79 Å². The molecule has 2 N–H and O–H groups in total. The van der Waals surface area contributed by atoms with Crippen LogP contribution in [0.1, 0.15) is 43.7 Å². The second-order valence-electron chi connectivity index (χ2n) is 4.85. The van der Waals surface area contributed by atoms with Crippen LogP contribution in [0.3, 0.4) is 0 Å². The van der Waals surface area contributed by atoms with E-state index in [0.717, 1.165) is 0 Å². The first-order valence-electron chi connectivity index (χ1n) is 6.10. The van der Waals surface area contributed by atoms with Gasteiger partial charge >= 0.3 is 11.9 Å². The van der Waals surface area contributed by atoms with Crippen molar-refractivity contribution in [3.8, 4) is 0 Å². The van der Waals surface area contributed by atoms with Crippen LogP contribution in [0, 0.1) is 11.3 Å². The minimum absolute atomic E-state index is 0.542. The van der Waals surface area contributed by atoms with Gasteiger partial charge in [0.2, 0.25) is 0 Å². The third-order valence-electron chi connectivity index (χ3n) is 1.63. The normalized spacial score (nSPS) is 16.4. The summed E-state index contributed by atoms with van der Waals surface area (Å²) in [5.41, 5.74) is 1.23. The molecule has 0 spiro atoms. The zero-order chi connectivity index (χ0) is 14.7. The smallest absolute Gasteiger partial charge is 0.330 e. The Morgan fingerprint density at radius 3 is 2.25 bits per heavy atom. The van der Waals surface area contributed by atoms with Crippen molar-refractivity contribution in [1.29, 1.82) is 0 Å². The zero-order valence-corrected chi connectivity index (χ0v) is 10.3. The van der Waals surface area contributed by atoms with Crippen LogP contribution >= 0.6 is 0 Å². The van der Waals surface area contributed by atoms with E-state index in [2.05, 4.69) is 4.84 Å². The summed E-state index contributed by atoms with van der Waals surface area (Å²) in [5, 5.41) is 8.98. The average Bonchev–Trinajstić information content (AvgIpc) is 2.14. The van der Waals surface area contributed by atoms with Gasteiger partial charge in [0, 0.05) is 2.74 Å². The lowest BCUT2D eigenvalue weighted by Crippen LogP contribution is -2.41. The number of carboxylic acid groups (broad SMARTS) is 1. The van der Waals surface area contributed by atoms with E-state index in [-0.39, 0.29) is 0 Å². The maximum Gasteiger partial charge on any atom is 0.330 e. The fourth-order valence-corrected chi connectivity index (χ4v) is 0.755. The molecule has 16 heavy (non-hydrogen) atoms. The molecule has 0 heterocycles. The molecule has 0 amide bonds. The molecule has 0 aliphatic rings. The van der Waals surface area contributed by atoms with Crippen molar-refractivity contribution >= 4 is 11.9 Å². The van der Waals surface area contributed by atoms with E-state index in [1.165, 1.54) is 0 Å². The van der Waals surface area contributed by atoms with Gasteiger partial charge in [0.15, 0.2) is 0 Å². The molecule has 0 unspecified atom stereocenters. The Hall–Kier alpha value is -1.10. The quantitative estimate of drug-likeness (QED) is 0.705. The second-order valence-corrected chi connectivity index (χ2v) is 4.85. The second kappa shape index (κ2) is 5.84. The fourth-order valence-electron chi connectivity index (χ4n) is 0.755. The SMILES string of the molecule is [2H]C([2H])(C(C)C)[C@H](NOC(=O)C(C)(C)C)C(=O)O. The van der Waals surface area contributed by atoms with Gasteiger partial charge in [-0.2, -0.15) is 0 Å². The minimum Gasteiger partial charge on any atom is -0.480 e. The molecule has 0 aliphatic carbocycles. The molecule has 94 valence electrons. The van der Waals surface area contributed by atoms with Crippen molar-refractivity contribution in [2.24, 2.45) is 11.3 Å². The van der Waals surface area contributed by atoms with Crippen molar-refractivity contribution < 1.29 is 22.3 Å². The highest BCUT2D eigenvalue weighted by molar-refractivity contribution is 5.76. The van der Waals surface area contributed by atoms with E-state index in [9.17, 15) is 9.59 Å². The van der Waals surface area contributed by atoms with Gasteiger partial charge in [-0.3, -0.25) is 4.79 Å². The summed E-state index contributed by atoms with van der Waals surface area (Å²) in [6.45, 7) is 7.96. The Morgan fingerprint density at radius 1 is 1.44 bits per heavy atom. The number of carbonyl (C=O) groups is 2. The van der Waals surface area contributed by atoms with Crippen LogP contribution in [0.15, 0.2) is 0 Å². The third-order valence-corrected chi connectivity index (χ3v) is 1.63. The van der Waals surface area contributed by atoms with Crippen LogP contribution in [0.2, 0.25) is 0 Å².